The molecule has 2 aromatic rings. The second-order valence-corrected chi connectivity index (χ2v) is 6.19. The van der Waals surface area contributed by atoms with Gasteiger partial charge in [-0.15, -0.1) is 11.7 Å². The summed E-state index contributed by atoms with van der Waals surface area (Å²) in [6.45, 7) is 10.0. The molecule has 2 heterocycles. The van der Waals surface area contributed by atoms with E-state index < -0.39 is 0 Å². The van der Waals surface area contributed by atoms with Crippen LogP contribution >= 0.6 is 0 Å². The predicted octanol–water partition coefficient (Wildman–Crippen LogP) is 1.21. The molecule has 1 saturated heterocycles. The van der Waals surface area contributed by atoms with E-state index in [1.165, 1.54) is 5.56 Å². The first kappa shape index (κ1) is 17.7. The Morgan fingerprint density at radius 2 is 1.96 bits per heavy atom. The van der Waals surface area contributed by atoms with Gasteiger partial charge in [0, 0.05) is 39.8 Å². The molecule has 1 aliphatic heterocycles. The summed E-state index contributed by atoms with van der Waals surface area (Å²) in [6, 6.07) is 10.5. The van der Waals surface area contributed by atoms with Crippen LogP contribution in [0.5, 0.6) is 0 Å². The lowest BCUT2D eigenvalue weighted by Gasteiger charge is -2.38. The number of ether oxygens (including phenoxy) is 1. The summed E-state index contributed by atoms with van der Waals surface area (Å²) in [4.78, 5) is 4.88. The molecule has 1 aromatic carbocycles. The standard InChI is InChI=1S/C18H26N6O/c1-3-9-22-10-12-23(13-11-22)17(16-7-5-4-6-8-16)18-19-20-21-24(18)14-15-25-2/h3-8,17H,1,9-15H2,2H3. The largest absolute Gasteiger partial charge is 0.383 e. The summed E-state index contributed by atoms with van der Waals surface area (Å²) in [5.41, 5.74) is 1.22. The fourth-order valence-electron chi connectivity index (χ4n) is 3.29. The first-order valence-corrected chi connectivity index (χ1v) is 8.70. The fourth-order valence-corrected chi connectivity index (χ4v) is 3.29. The van der Waals surface area contributed by atoms with Gasteiger partial charge in [-0.2, -0.15) is 0 Å². The normalized spacial score (nSPS) is 17.5. The fraction of sp³-hybridized carbons (Fsp3) is 0.500. The molecular weight excluding hydrogens is 316 g/mol. The molecule has 0 aliphatic carbocycles. The Morgan fingerprint density at radius 3 is 2.64 bits per heavy atom. The molecule has 0 N–H and O–H groups in total. The molecule has 0 bridgehead atoms. The molecule has 0 amide bonds. The molecule has 1 atom stereocenters. The van der Waals surface area contributed by atoms with Gasteiger partial charge in [-0.25, -0.2) is 4.68 Å². The summed E-state index contributed by atoms with van der Waals surface area (Å²) < 4.78 is 7.05. The minimum Gasteiger partial charge on any atom is -0.383 e. The monoisotopic (exact) mass is 342 g/mol. The molecule has 0 spiro atoms. The molecule has 0 radical (unpaired) electrons. The van der Waals surface area contributed by atoms with Gasteiger partial charge in [0.2, 0.25) is 0 Å². The van der Waals surface area contributed by atoms with Gasteiger partial charge in [0.05, 0.1) is 19.2 Å². The van der Waals surface area contributed by atoms with E-state index >= 15 is 0 Å². The van der Waals surface area contributed by atoms with Crippen LogP contribution in [0.2, 0.25) is 0 Å². The van der Waals surface area contributed by atoms with Crippen LogP contribution in [-0.4, -0.2) is 76.4 Å². The minimum absolute atomic E-state index is 0.0546. The lowest BCUT2D eigenvalue weighted by atomic mass is 10.0. The van der Waals surface area contributed by atoms with Crippen LogP contribution in [0.4, 0.5) is 0 Å². The number of rotatable bonds is 8. The van der Waals surface area contributed by atoms with Crippen LogP contribution in [0.3, 0.4) is 0 Å². The smallest absolute Gasteiger partial charge is 0.173 e. The lowest BCUT2D eigenvalue weighted by Crippen LogP contribution is -2.48. The van der Waals surface area contributed by atoms with Gasteiger partial charge in [0.1, 0.15) is 0 Å². The Hall–Kier alpha value is -2.09. The number of aromatic nitrogens is 4. The second-order valence-electron chi connectivity index (χ2n) is 6.19. The summed E-state index contributed by atoms with van der Waals surface area (Å²) >= 11 is 0. The first-order valence-electron chi connectivity index (χ1n) is 8.70. The van der Waals surface area contributed by atoms with Crippen molar-refractivity contribution in [2.75, 3.05) is 46.4 Å². The van der Waals surface area contributed by atoms with Crippen molar-refractivity contribution in [2.45, 2.75) is 12.6 Å². The van der Waals surface area contributed by atoms with Crippen molar-refractivity contribution in [3.05, 3.63) is 54.4 Å². The SMILES string of the molecule is C=CCN1CCN(C(c2ccccc2)c2nnnn2CCOC)CC1. The van der Waals surface area contributed by atoms with Crippen LogP contribution < -0.4 is 0 Å². The molecule has 1 aliphatic rings. The van der Waals surface area contributed by atoms with Crippen LogP contribution in [0.15, 0.2) is 43.0 Å². The van der Waals surface area contributed by atoms with E-state index in [-0.39, 0.29) is 6.04 Å². The molecule has 1 aromatic heterocycles. The summed E-state index contributed by atoms with van der Waals surface area (Å²) in [7, 11) is 1.69. The third-order valence-corrected chi connectivity index (χ3v) is 4.59. The molecule has 0 saturated carbocycles. The van der Waals surface area contributed by atoms with E-state index in [0.717, 1.165) is 38.5 Å². The number of tetrazole rings is 1. The molecule has 1 unspecified atom stereocenters. The third kappa shape index (κ3) is 4.31. The summed E-state index contributed by atoms with van der Waals surface area (Å²) in [5, 5.41) is 12.4. The molecule has 3 rings (SSSR count). The van der Waals surface area contributed by atoms with Crippen molar-refractivity contribution in [1.82, 2.24) is 30.0 Å². The predicted molar refractivity (Wildman–Crippen MR) is 96.2 cm³/mol. The Balaban J connectivity index is 1.84. The van der Waals surface area contributed by atoms with E-state index in [9.17, 15) is 0 Å². The molecule has 25 heavy (non-hydrogen) atoms. The number of benzene rings is 1. The van der Waals surface area contributed by atoms with Gasteiger partial charge in [-0.05, 0) is 16.0 Å². The number of piperazine rings is 1. The highest BCUT2D eigenvalue weighted by Gasteiger charge is 2.30. The third-order valence-electron chi connectivity index (χ3n) is 4.59. The number of hydrogen-bond donors (Lipinski definition) is 0. The molecule has 7 nitrogen and oxygen atoms in total. The zero-order valence-electron chi connectivity index (χ0n) is 14.8. The number of hydrogen-bond acceptors (Lipinski definition) is 6. The average molecular weight is 342 g/mol. The van der Waals surface area contributed by atoms with Crippen molar-refractivity contribution < 1.29 is 4.74 Å². The van der Waals surface area contributed by atoms with E-state index in [2.05, 4.69) is 56.2 Å². The van der Waals surface area contributed by atoms with E-state index in [1.807, 2.05) is 16.8 Å². The second kappa shape index (κ2) is 8.84. The lowest BCUT2D eigenvalue weighted by molar-refractivity contribution is 0.111. The molecule has 134 valence electrons. The number of methoxy groups -OCH3 is 1. The van der Waals surface area contributed by atoms with Crippen molar-refractivity contribution in [2.24, 2.45) is 0 Å². The minimum atomic E-state index is 0.0546. The van der Waals surface area contributed by atoms with Crippen LogP contribution in [0, 0.1) is 0 Å². The Labute approximate surface area is 148 Å². The van der Waals surface area contributed by atoms with E-state index in [1.54, 1.807) is 7.11 Å². The highest BCUT2D eigenvalue weighted by atomic mass is 16.5. The van der Waals surface area contributed by atoms with Crippen LogP contribution in [-0.2, 0) is 11.3 Å². The Morgan fingerprint density at radius 1 is 1.20 bits per heavy atom. The summed E-state index contributed by atoms with van der Waals surface area (Å²) in [6.07, 6.45) is 1.97. The zero-order valence-corrected chi connectivity index (χ0v) is 14.8. The van der Waals surface area contributed by atoms with Crippen LogP contribution in [0.25, 0.3) is 0 Å². The Kier molecular flexibility index (Phi) is 6.27. The van der Waals surface area contributed by atoms with Gasteiger partial charge >= 0.3 is 0 Å². The highest BCUT2D eigenvalue weighted by Crippen LogP contribution is 2.27. The maximum absolute atomic E-state index is 5.20. The van der Waals surface area contributed by atoms with Crippen molar-refractivity contribution in [3.8, 4) is 0 Å². The molecule has 7 heteroatoms. The first-order chi connectivity index (χ1) is 12.3. The maximum atomic E-state index is 5.20. The van der Waals surface area contributed by atoms with Gasteiger partial charge < -0.3 is 4.74 Å². The van der Waals surface area contributed by atoms with Gasteiger partial charge in [0.25, 0.3) is 0 Å². The van der Waals surface area contributed by atoms with E-state index in [0.29, 0.717) is 13.2 Å². The number of nitrogens with zero attached hydrogens (tertiary/aromatic N) is 6. The zero-order chi connectivity index (χ0) is 17.5. The summed E-state index contributed by atoms with van der Waals surface area (Å²) in [5.74, 6) is 0.875. The van der Waals surface area contributed by atoms with Crippen LogP contribution in [0.1, 0.15) is 17.4 Å². The van der Waals surface area contributed by atoms with Gasteiger partial charge in [-0.1, -0.05) is 36.4 Å². The van der Waals surface area contributed by atoms with Gasteiger partial charge in [-0.3, -0.25) is 9.80 Å². The Bertz CT molecular complexity index is 651. The maximum Gasteiger partial charge on any atom is 0.173 e. The van der Waals surface area contributed by atoms with Crippen molar-refractivity contribution in [1.29, 1.82) is 0 Å². The molecular formula is C18H26N6O. The quantitative estimate of drug-likeness (QED) is 0.672. The van der Waals surface area contributed by atoms with Gasteiger partial charge in [0.15, 0.2) is 5.82 Å². The average Bonchev–Trinajstić information content (AvgIpc) is 3.11. The van der Waals surface area contributed by atoms with Crippen molar-refractivity contribution in [3.63, 3.8) is 0 Å². The molecule has 1 fully saturated rings. The topological polar surface area (TPSA) is 59.3 Å². The van der Waals surface area contributed by atoms with Crippen molar-refractivity contribution >= 4 is 0 Å². The highest BCUT2D eigenvalue weighted by molar-refractivity contribution is 5.25. The van der Waals surface area contributed by atoms with E-state index in [4.69, 9.17) is 4.74 Å².